The number of nitrogens with one attached hydrogen (secondary N) is 1. The molecule has 1 unspecified atom stereocenters. The Labute approximate surface area is 120 Å². The van der Waals surface area contributed by atoms with Gasteiger partial charge in [-0.15, -0.1) is 0 Å². The molecule has 2 atom stereocenters. The van der Waals surface area contributed by atoms with Crippen LogP contribution in [0, 0.1) is 0 Å². The van der Waals surface area contributed by atoms with E-state index in [9.17, 15) is 5.11 Å². The van der Waals surface area contributed by atoms with Crippen molar-refractivity contribution in [3.63, 3.8) is 0 Å². The summed E-state index contributed by atoms with van der Waals surface area (Å²) in [7, 11) is 1.66. The van der Waals surface area contributed by atoms with Crippen LogP contribution >= 0.6 is 0 Å². The molecule has 0 bridgehead atoms. The average molecular weight is 271 g/mol. The fourth-order valence-corrected chi connectivity index (χ4v) is 2.31. The van der Waals surface area contributed by atoms with E-state index in [0.29, 0.717) is 5.75 Å². The van der Waals surface area contributed by atoms with Gasteiger partial charge in [0.05, 0.1) is 7.11 Å². The first-order chi connectivity index (χ1) is 9.61. The maximum Gasteiger partial charge on any atom is 0.120 e. The summed E-state index contributed by atoms with van der Waals surface area (Å²) in [5.41, 5.74) is 2.10. The van der Waals surface area contributed by atoms with Crippen LogP contribution in [0.5, 0.6) is 11.5 Å². The molecule has 0 aromatic heterocycles. The van der Waals surface area contributed by atoms with E-state index < -0.39 is 0 Å². The van der Waals surface area contributed by atoms with Gasteiger partial charge in [-0.2, -0.15) is 0 Å². The second-order valence-corrected chi connectivity index (χ2v) is 4.94. The Morgan fingerprint density at radius 1 is 0.950 bits per heavy atom. The molecule has 0 heterocycles. The Kier molecular flexibility index (Phi) is 4.64. The zero-order valence-electron chi connectivity index (χ0n) is 12.1. The van der Waals surface area contributed by atoms with E-state index in [4.69, 9.17) is 4.74 Å². The van der Waals surface area contributed by atoms with E-state index in [-0.39, 0.29) is 12.1 Å². The average Bonchev–Trinajstić information content (AvgIpc) is 2.47. The van der Waals surface area contributed by atoms with Gasteiger partial charge >= 0.3 is 0 Å². The van der Waals surface area contributed by atoms with Crippen molar-refractivity contribution in [2.24, 2.45) is 0 Å². The lowest BCUT2D eigenvalue weighted by molar-refractivity contribution is 0.414. The maximum absolute atomic E-state index is 9.88. The van der Waals surface area contributed by atoms with E-state index in [1.807, 2.05) is 42.5 Å². The summed E-state index contributed by atoms with van der Waals surface area (Å²) in [5.74, 6) is 1.18. The highest BCUT2D eigenvalue weighted by atomic mass is 16.5. The Bertz CT molecular complexity index is 551. The lowest BCUT2D eigenvalue weighted by Gasteiger charge is -2.21. The fraction of sp³-hybridized carbons (Fsp3) is 0.294. The summed E-state index contributed by atoms with van der Waals surface area (Å²) >= 11 is 0. The molecule has 3 nitrogen and oxygen atoms in total. The highest BCUT2D eigenvalue weighted by molar-refractivity contribution is 5.35. The minimum Gasteiger partial charge on any atom is -0.508 e. The molecule has 0 aliphatic heterocycles. The Morgan fingerprint density at radius 3 is 2.20 bits per heavy atom. The van der Waals surface area contributed by atoms with Crippen molar-refractivity contribution in [2.75, 3.05) is 7.11 Å². The van der Waals surface area contributed by atoms with Crippen molar-refractivity contribution >= 4 is 0 Å². The van der Waals surface area contributed by atoms with E-state index in [0.717, 1.165) is 11.3 Å². The Morgan fingerprint density at radius 2 is 1.60 bits per heavy atom. The van der Waals surface area contributed by atoms with Gasteiger partial charge in [0.25, 0.3) is 0 Å². The number of ether oxygens (including phenoxy) is 1. The van der Waals surface area contributed by atoms with Crippen LogP contribution < -0.4 is 10.1 Å². The van der Waals surface area contributed by atoms with Gasteiger partial charge < -0.3 is 15.2 Å². The van der Waals surface area contributed by atoms with Gasteiger partial charge in [-0.25, -0.2) is 0 Å². The molecule has 2 aromatic rings. The van der Waals surface area contributed by atoms with Crippen LogP contribution in [-0.2, 0) is 0 Å². The predicted octanol–water partition coefficient (Wildman–Crippen LogP) is 3.81. The fourth-order valence-electron chi connectivity index (χ4n) is 2.31. The number of hydrogen-bond acceptors (Lipinski definition) is 3. The zero-order chi connectivity index (χ0) is 14.5. The van der Waals surface area contributed by atoms with E-state index in [2.05, 4.69) is 19.2 Å². The SMILES string of the molecule is COc1ccc([C@H](C)NC(C)c2ccccc2O)cc1. The van der Waals surface area contributed by atoms with Gasteiger partial charge in [0, 0.05) is 17.6 Å². The smallest absolute Gasteiger partial charge is 0.120 e. The first-order valence-electron chi connectivity index (χ1n) is 6.79. The molecule has 2 aromatic carbocycles. The monoisotopic (exact) mass is 271 g/mol. The van der Waals surface area contributed by atoms with Crippen molar-refractivity contribution in [1.82, 2.24) is 5.32 Å². The van der Waals surface area contributed by atoms with Crippen molar-refractivity contribution < 1.29 is 9.84 Å². The van der Waals surface area contributed by atoms with Gasteiger partial charge in [-0.05, 0) is 37.6 Å². The number of phenols is 1. The van der Waals surface area contributed by atoms with Gasteiger partial charge in [-0.3, -0.25) is 0 Å². The minimum atomic E-state index is 0.0771. The summed E-state index contributed by atoms with van der Waals surface area (Å²) < 4.78 is 5.16. The van der Waals surface area contributed by atoms with Crippen molar-refractivity contribution in [3.05, 3.63) is 59.7 Å². The molecule has 0 saturated carbocycles. The molecule has 20 heavy (non-hydrogen) atoms. The van der Waals surface area contributed by atoms with Crippen LogP contribution in [-0.4, -0.2) is 12.2 Å². The molecule has 0 amide bonds. The van der Waals surface area contributed by atoms with E-state index in [1.54, 1.807) is 13.2 Å². The van der Waals surface area contributed by atoms with Crippen molar-refractivity contribution in [3.8, 4) is 11.5 Å². The summed E-state index contributed by atoms with van der Waals surface area (Å²) in [6.07, 6.45) is 0. The normalized spacial score (nSPS) is 13.8. The Hall–Kier alpha value is -2.00. The van der Waals surface area contributed by atoms with Crippen molar-refractivity contribution in [1.29, 1.82) is 0 Å². The number of hydrogen-bond donors (Lipinski definition) is 2. The second-order valence-electron chi connectivity index (χ2n) is 4.94. The maximum atomic E-state index is 9.88. The molecule has 0 saturated heterocycles. The lowest BCUT2D eigenvalue weighted by Crippen LogP contribution is -2.22. The molecule has 2 N–H and O–H groups in total. The molecule has 0 fully saturated rings. The van der Waals surface area contributed by atoms with E-state index in [1.165, 1.54) is 5.56 Å². The number of phenolic OH excluding ortho intramolecular Hbond substituents is 1. The van der Waals surface area contributed by atoms with Crippen LogP contribution in [0.1, 0.15) is 37.1 Å². The third-order valence-electron chi connectivity index (χ3n) is 3.52. The highest BCUT2D eigenvalue weighted by Crippen LogP contribution is 2.26. The minimum absolute atomic E-state index is 0.0771. The van der Waals surface area contributed by atoms with Gasteiger partial charge in [-0.1, -0.05) is 30.3 Å². The molecule has 0 aliphatic rings. The third kappa shape index (κ3) is 3.31. The number of aromatic hydroxyl groups is 1. The Balaban J connectivity index is 2.06. The topological polar surface area (TPSA) is 41.5 Å². The molecule has 3 heteroatoms. The first-order valence-corrected chi connectivity index (χ1v) is 6.79. The van der Waals surface area contributed by atoms with Gasteiger partial charge in [0.1, 0.15) is 11.5 Å². The summed E-state index contributed by atoms with van der Waals surface area (Å²) in [5, 5.41) is 13.4. The lowest BCUT2D eigenvalue weighted by atomic mass is 10.0. The summed E-state index contributed by atoms with van der Waals surface area (Å²) in [4.78, 5) is 0. The largest absolute Gasteiger partial charge is 0.508 e. The molecule has 0 radical (unpaired) electrons. The molecular weight excluding hydrogens is 250 g/mol. The molecule has 0 aliphatic carbocycles. The summed E-state index contributed by atoms with van der Waals surface area (Å²) in [6.45, 7) is 4.16. The third-order valence-corrected chi connectivity index (χ3v) is 3.52. The molecule has 106 valence electrons. The van der Waals surface area contributed by atoms with Crippen LogP contribution in [0.4, 0.5) is 0 Å². The van der Waals surface area contributed by atoms with Gasteiger partial charge in [0.2, 0.25) is 0 Å². The first kappa shape index (κ1) is 14.4. The molecular formula is C17H21NO2. The summed E-state index contributed by atoms with van der Waals surface area (Å²) in [6, 6.07) is 15.7. The van der Waals surface area contributed by atoms with Crippen LogP contribution in [0.2, 0.25) is 0 Å². The molecule has 2 rings (SSSR count). The van der Waals surface area contributed by atoms with Crippen molar-refractivity contribution in [2.45, 2.75) is 25.9 Å². The quantitative estimate of drug-likeness (QED) is 0.868. The number of para-hydroxylation sites is 1. The van der Waals surface area contributed by atoms with Gasteiger partial charge in [0.15, 0.2) is 0 Å². The van der Waals surface area contributed by atoms with E-state index >= 15 is 0 Å². The number of benzene rings is 2. The highest BCUT2D eigenvalue weighted by Gasteiger charge is 2.13. The standard InChI is InChI=1S/C17H21NO2/c1-12(14-8-10-15(20-3)11-9-14)18-13(2)16-6-4-5-7-17(16)19/h4-13,18-19H,1-3H3/t12-,13?/m0/s1. The van der Waals surface area contributed by atoms with Crippen LogP contribution in [0.15, 0.2) is 48.5 Å². The molecule has 0 spiro atoms. The number of rotatable bonds is 5. The number of methoxy groups -OCH3 is 1. The van der Waals surface area contributed by atoms with Crippen LogP contribution in [0.25, 0.3) is 0 Å². The predicted molar refractivity (Wildman–Crippen MR) is 81.1 cm³/mol. The zero-order valence-corrected chi connectivity index (χ0v) is 12.1. The van der Waals surface area contributed by atoms with Crippen LogP contribution in [0.3, 0.4) is 0 Å². The second kappa shape index (κ2) is 6.44.